The Morgan fingerprint density at radius 3 is 2.90 bits per heavy atom. The lowest BCUT2D eigenvalue weighted by molar-refractivity contribution is 0.0697. The second-order valence-electron chi connectivity index (χ2n) is 5.11. The molecule has 1 atom stereocenters. The number of carboxylic acid groups (broad SMARTS) is 1. The molecule has 1 unspecified atom stereocenters. The Balaban J connectivity index is 1.77. The number of H-pyrrole nitrogens is 1. The quantitative estimate of drug-likeness (QED) is 0.747. The van der Waals surface area contributed by atoms with Crippen molar-refractivity contribution < 1.29 is 9.90 Å². The lowest BCUT2D eigenvalue weighted by atomic mass is 9.77. The predicted molar refractivity (Wildman–Crippen MR) is 75.0 cm³/mol. The molecule has 1 aromatic heterocycles. The first-order valence-electron chi connectivity index (χ1n) is 6.53. The minimum absolute atomic E-state index is 0.279. The number of fused-ring (bicyclic) bond motifs is 2. The fourth-order valence-corrected chi connectivity index (χ4v) is 2.83. The molecule has 0 amide bonds. The van der Waals surface area contributed by atoms with Crippen LogP contribution in [0.2, 0.25) is 0 Å². The molecular formula is C16H12N2O2. The molecule has 0 aliphatic heterocycles. The Morgan fingerprint density at radius 2 is 2.10 bits per heavy atom. The topological polar surface area (TPSA) is 66.0 Å². The largest absolute Gasteiger partial charge is 0.478 e. The molecule has 3 aromatic rings. The van der Waals surface area contributed by atoms with Gasteiger partial charge in [0, 0.05) is 5.92 Å². The zero-order chi connectivity index (χ0) is 13.7. The normalized spacial score (nSPS) is 16.7. The third-order valence-electron chi connectivity index (χ3n) is 3.93. The Morgan fingerprint density at radius 1 is 1.25 bits per heavy atom. The minimum atomic E-state index is -0.919. The van der Waals surface area contributed by atoms with Gasteiger partial charge in [0.25, 0.3) is 0 Å². The van der Waals surface area contributed by atoms with Crippen LogP contribution in [0.1, 0.15) is 33.2 Å². The summed E-state index contributed by atoms with van der Waals surface area (Å²) in [5.74, 6) is 0.296. The van der Waals surface area contributed by atoms with Gasteiger partial charge in [-0.15, -0.1) is 0 Å². The number of benzene rings is 2. The van der Waals surface area contributed by atoms with Crippen LogP contribution in [0.25, 0.3) is 11.0 Å². The van der Waals surface area contributed by atoms with E-state index in [1.807, 2.05) is 12.1 Å². The highest BCUT2D eigenvalue weighted by molar-refractivity contribution is 5.92. The smallest absolute Gasteiger partial charge is 0.335 e. The van der Waals surface area contributed by atoms with Crippen molar-refractivity contribution in [3.63, 3.8) is 0 Å². The molecule has 0 saturated carbocycles. The number of nitrogens with one attached hydrogen (secondary N) is 1. The van der Waals surface area contributed by atoms with E-state index >= 15 is 0 Å². The molecule has 0 spiro atoms. The van der Waals surface area contributed by atoms with Gasteiger partial charge in [-0.05, 0) is 35.7 Å². The van der Waals surface area contributed by atoms with Gasteiger partial charge in [0.05, 0.1) is 16.6 Å². The summed E-state index contributed by atoms with van der Waals surface area (Å²) >= 11 is 0. The summed E-state index contributed by atoms with van der Waals surface area (Å²) in [4.78, 5) is 18.8. The Labute approximate surface area is 115 Å². The summed E-state index contributed by atoms with van der Waals surface area (Å²) in [5, 5.41) is 9.01. The molecule has 4 rings (SSSR count). The van der Waals surface area contributed by atoms with Crippen molar-refractivity contribution in [2.45, 2.75) is 12.3 Å². The zero-order valence-corrected chi connectivity index (χ0v) is 10.6. The van der Waals surface area contributed by atoms with E-state index in [-0.39, 0.29) is 5.56 Å². The Bertz CT molecular complexity index is 835. The van der Waals surface area contributed by atoms with Crippen LogP contribution in [0.15, 0.2) is 42.5 Å². The molecule has 4 nitrogen and oxygen atoms in total. The van der Waals surface area contributed by atoms with Crippen molar-refractivity contribution in [2.24, 2.45) is 0 Å². The van der Waals surface area contributed by atoms with Crippen LogP contribution >= 0.6 is 0 Å². The number of aromatic nitrogens is 2. The summed E-state index contributed by atoms with van der Waals surface area (Å²) in [6, 6.07) is 13.3. The fraction of sp³-hybridized carbons (Fsp3) is 0.125. The van der Waals surface area contributed by atoms with E-state index in [0.717, 1.165) is 23.3 Å². The van der Waals surface area contributed by atoms with Crippen molar-refractivity contribution in [1.82, 2.24) is 9.97 Å². The molecule has 4 heteroatoms. The van der Waals surface area contributed by atoms with Gasteiger partial charge in [0.2, 0.25) is 0 Å². The summed E-state index contributed by atoms with van der Waals surface area (Å²) in [6.45, 7) is 0. The lowest BCUT2D eigenvalue weighted by Gasteiger charge is -2.28. The number of aromatic amines is 1. The summed E-state index contributed by atoms with van der Waals surface area (Å²) in [6.07, 6.45) is 0.988. The van der Waals surface area contributed by atoms with E-state index in [0.29, 0.717) is 5.92 Å². The van der Waals surface area contributed by atoms with E-state index in [2.05, 4.69) is 22.1 Å². The highest BCUT2D eigenvalue weighted by Gasteiger charge is 2.29. The van der Waals surface area contributed by atoms with Gasteiger partial charge in [0.15, 0.2) is 0 Å². The third-order valence-corrected chi connectivity index (χ3v) is 3.93. The summed E-state index contributed by atoms with van der Waals surface area (Å²) in [7, 11) is 0. The minimum Gasteiger partial charge on any atom is -0.478 e. The number of hydrogen-bond acceptors (Lipinski definition) is 2. The van der Waals surface area contributed by atoms with Crippen LogP contribution in [-0.4, -0.2) is 21.0 Å². The number of aromatic carboxylic acids is 1. The standard InChI is InChI=1S/C16H12N2O2/c19-16(20)10-5-6-13-14(8-10)18-15(17-13)12-7-9-3-1-2-4-11(9)12/h1-6,8,12H,7H2,(H,17,18)(H,19,20). The van der Waals surface area contributed by atoms with Gasteiger partial charge < -0.3 is 10.1 Å². The summed E-state index contributed by atoms with van der Waals surface area (Å²) in [5.41, 5.74) is 4.55. The van der Waals surface area contributed by atoms with Crippen molar-refractivity contribution in [3.05, 3.63) is 65.0 Å². The first kappa shape index (κ1) is 11.2. The first-order chi connectivity index (χ1) is 9.72. The third kappa shape index (κ3) is 1.54. The van der Waals surface area contributed by atoms with Crippen LogP contribution in [0.4, 0.5) is 0 Å². The molecule has 20 heavy (non-hydrogen) atoms. The van der Waals surface area contributed by atoms with Gasteiger partial charge in [-0.1, -0.05) is 24.3 Å². The highest BCUT2D eigenvalue weighted by Crippen LogP contribution is 2.39. The molecule has 2 N–H and O–H groups in total. The van der Waals surface area contributed by atoms with Gasteiger partial charge in [-0.2, -0.15) is 0 Å². The van der Waals surface area contributed by atoms with E-state index < -0.39 is 5.97 Å². The molecule has 1 aliphatic carbocycles. The molecule has 0 saturated heterocycles. The highest BCUT2D eigenvalue weighted by atomic mass is 16.4. The zero-order valence-electron chi connectivity index (χ0n) is 10.6. The number of hydrogen-bond donors (Lipinski definition) is 2. The Hall–Kier alpha value is -2.62. The van der Waals surface area contributed by atoms with Crippen molar-refractivity contribution >= 4 is 17.0 Å². The average molecular weight is 264 g/mol. The van der Waals surface area contributed by atoms with E-state index in [1.54, 1.807) is 18.2 Å². The van der Waals surface area contributed by atoms with Gasteiger partial charge in [0.1, 0.15) is 5.82 Å². The molecule has 2 aromatic carbocycles. The maximum Gasteiger partial charge on any atom is 0.335 e. The number of carbonyl (C=O) groups is 1. The first-order valence-corrected chi connectivity index (χ1v) is 6.53. The van der Waals surface area contributed by atoms with Crippen LogP contribution < -0.4 is 0 Å². The SMILES string of the molecule is O=C(O)c1ccc2nc(C3Cc4ccccc43)[nH]c2c1. The lowest BCUT2D eigenvalue weighted by Crippen LogP contribution is -2.18. The molecule has 98 valence electrons. The molecular weight excluding hydrogens is 252 g/mol. The van der Waals surface area contributed by atoms with E-state index in [9.17, 15) is 4.79 Å². The van der Waals surface area contributed by atoms with Gasteiger partial charge in [-0.3, -0.25) is 0 Å². The van der Waals surface area contributed by atoms with Crippen molar-refractivity contribution in [2.75, 3.05) is 0 Å². The van der Waals surface area contributed by atoms with Crippen molar-refractivity contribution in [3.8, 4) is 0 Å². The monoisotopic (exact) mass is 264 g/mol. The predicted octanol–water partition coefficient (Wildman–Crippen LogP) is 2.95. The molecule has 0 radical (unpaired) electrons. The van der Waals surface area contributed by atoms with Crippen molar-refractivity contribution in [1.29, 1.82) is 0 Å². The maximum absolute atomic E-state index is 11.0. The number of carboxylic acids is 1. The van der Waals surface area contributed by atoms with Crippen LogP contribution in [0.3, 0.4) is 0 Å². The van der Waals surface area contributed by atoms with Gasteiger partial charge >= 0.3 is 5.97 Å². The summed E-state index contributed by atoms with van der Waals surface area (Å²) < 4.78 is 0. The fourth-order valence-electron chi connectivity index (χ4n) is 2.83. The second kappa shape index (κ2) is 3.93. The van der Waals surface area contributed by atoms with Crippen LogP contribution in [0.5, 0.6) is 0 Å². The molecule has 0 fully saturated rings. The second-order valence-corrected chi connectivity index (χ2v) is 5.11. The number of nitrogens with zero attached hydrogens (tertiary/aromatic N) is 1. The molecule has 1 aliphatic rings. The van der Waals surface area contributed by atoms with E-state index in [1.165, 1.54) is 11.1 Å². The maximum atomic E-state index is 11.0. The van der Waals surface area contributed by atoms with E-state index in [4.69, 9.17) is 5.11 Å². The average Bonchev–Trinajstić information content (AvgIpc) is 2.82. The number of rotatable bonds is 2. The number of imidazole rings is 1. The Kier molecular flexibility index (Phi) is 2.21. The molecule has 1 heterocycles. The van der Waals surface area contributed by atoms with Crippen LogP contribution in [-0.2, 0) is 6.42 Å². The van der Waals surface area contributed by atoms with Crippen LogP contribution in [0, 0.1) is 0 Å². The van der Waals surface area contributed by atoms with Gasteiger partial charge in [-0.25, -0.2) is 9.78 Å². The molecule has 0 bridgehead atoms.